The van der Waals surface area contributed by atoms with Crippen molar-refractivity contribution in [3.63, 3.8) is 0 Å². The number of carbonyl (C=O) groups excluding carboxylic acids is 1. The number of anilines is 3. The number of rotatable bonds is 4. The highest BCUT2D eigenvalue weighted by Crippen LogP contribution is 2.42. The van der Waals surface area contributed by atoms with E-state index in [2.05, 4.69) is 15.6 Å². The molecule has 2 aliphatic rings. The fraction of sp³-hybridized carbons (Fsp3) is 0.500. The number of nitrogens with two attached hydrogens (primary N) is 1. The number of amides is 1. The molecule has 6 heteroatoms. The second-order valence-corrected chi connectivity index (χ2v) is 8.54. The summed E-state index contributed by atoms with van der Waals surface area (Å²) in [6.07, 6.45) is 5.50. The highest BCUT2D eigenvalue weighted by atomic mass is 32.1. The van der Waals surface area contributed by atoms with E-state index in [9.17, 15) is 4.79 Å². The Morgan fingerprint density at radius 1 is 1.15 bits per heavy atom. The molecule has 2 bridgehead atoms. The van der Waals surface area contributed by atoms with Crippen molar-refractivity contribution in [2.24, 2.45) is 23.5 Å². The van der Waals surface area contributed by atoms with Crippen molar-refractivity contribution < 1.29 is 4.79 Å². The van der Waals surface area contributed by atoms with Gasteiger partial charge in [-0.1, -0.05) is 6.42 Å². The SMILES string of the molecule is Cc1csc(Nc2ccc(NC(=O)C3CC4CCCC(C3)C4N)cc2)n1. The predicted octanol–water partition coefficient (Wildman–Crippen LogP) is 4.29. The van der Waals surface area contributed by atoms with Crippen molar-refractivity contribution in [1.29, 1.82) is 0 Å². The van der Waals surface area contributed by atoms with Crippen LogP contribution in [0.3, 0.4) is 0 Å². The van der Waals surface area contributed by atoms with Crippen LogP contribution in [-0.2, 0) is 4.79 Å². The third-order valence-electron chi connectivity index (χ3n) is 5.81. The molecule has 4 rings (SSSR count). The molecule has 1 aromatic carbocycles. The van der Waals surface area contributed by atoms with Crippen LogP contribution < -0.4 is 16.4 Å². The van der Waals surface area contributed by atoms with Gasteiger partial charge < -0.3 is 16.4 Å². The van der Waals surface area contributed by atoms with E-state index in [1.54, 1.807) is 11.3 Å². The lowest BCUT2D eigenvalue weighted by Gasteiger charge is -2.43. The first-order valence-corrected chi connectivity index (χ1v) is 10.3. The van der Waals surface area contributed by atoms with Crippen LogP contribution in [-0.4, -0.2) is 16.9 Å². The Hall–Kier alpha value is -1.92. The zero-order valence-corrected chi connectivity index (χ0v) is 15.9. The van der Waals surface area contributed by atoms with Crippen LogP contribution in [0.4, 0.5) is 16.5 Å². The minimum absolute atomic E-state index is 0.0983. The molecule has 2 unspecified atom stereocenters. The Balaban J connectivity index is 1.35. The molecular formula is C20H26N4OS. The second kappa shape index (κ2) is 7.37. The molecule has 5 nitrogen and oxygen atoms in total. The van der Waals surface area contributed by atoms with Gasteiger partial charge in [-0.2, -0.15) is 0 Å². The van der Waals surface area contributed by atoms with Gasteiger partial charge in [-0.25, -0.2) is 4.98 Å². The third-order valence-corrected chi connectivity index (χ3v) is 6.68. The molecule has 138 valence electrons. The van der Waals surface area contributed by atoms with Crippen LogP contribution in [0.5, 0.6) is 0 Å². The highest BCUT2D eigenvalue weighted by Gasteiger charge is 2.40. The maximum atomic E-state index is 12.7. The summed E-state index contributed by atoms with van der Waals surface area (Å²) in [6.45, 7) is 1.98. The van der Waals surface area contributed by atoms with E-state index in [0.29, 0.717) is 17.9 Å². The maximum Gasteiger partial charge on any atom is 0.227 e. The summed E-state index contributed by atoms with van der Waals surface area (Å²) in [5.41, 5.74) is 9.16. The first-order chi connectivity index (χ1) is 12.6. The number of hydrogen-bond donors (Lipinski definition) is 3. The summed E-state index contributed by atoms with van der Waals surface area (Å²) in [7, 11) is 0. The molecule has 2 atom stereocenters. The largest absolute Gasteiger partial charge is 0.332 e. The van der Waals surface area contributed by atoms with E-state index in [0.717, 1.165) is 35.0 Å². The molecule has 0 aliphatic heterocycles. The molecular weight excluding hydrogens is 344 g/mol. The summed E-state index contributed by atoms with van der Waals surface area (Å²) in [5.74, 6) is 1.28. The average molecular weight is 371 g/mol. The summed E-state index contributed by atoms with van der Waals surface area (Å²) < 4.78 is 0. The molecule has 2 aliphatic carbocycles. The van der Waals surface area contributed by atoms with Crippen molar-refractivity contribution in [1.82, 2.24) is 4.98 Å². The Labute approximate surface area is 158 Å². The fourth-order valence-electron chi connectivity index (χ4n) is 4.42. The molecule has 0 spiro atoms. The third kappa shape index (κ3) is 3.76. The first-order valence-electron chi connectivity index (χ1n) is 9.44. The van der Waals surface area contributed by atoms with Gasteiger partial charge in [0.25, 0.3) is 0 Å². The number of aryl methyl sites for hydroxylation is 1. The zero-order chi connectivity index (χ0) is 18.1. The van der Waals surface area contributed by atoms with E-state index in [1.165, 1.54) is 19.3 Å². The highest BCUT2D eigenvalue weighted by molar-refractivity contribution is 7.13. The van der Waals surface area contributed by atoms with E-state index >= 15 is 0 Å². The molecule has 2 aromatic rings. The number of fused-ring (bicyclic) bond motifs is 2. The number of nitrogens with one attached hydrogen (secondary N) is 2. The molecule has 26 heavy (non-hydrogen) atoms. The Morgan fingerprint density at radius 3 is 2.42 bits per heavy atom. The summed E-state index contributed by atoms with van der Waals surface area (Å²) >= 11 is 1.58. The lowest BCUT2D eigenvalue weighted by atomic mass is 9.65. The van der Waals surface area contributed by atoms with Crippen LogP contribution >= 0.6 is 11.3 Å². The molecule has 0 radical (unpaired) electrons. The predicted molar refractivity (Wildman–Crippen MR) is 107 cm³/mol. The van der Waals surface area contributed by atoms with Crippen LogP contribution in [0.15, 0.2) is 29.6 Å². The first kappa shape index (κ1) is 17.5. The zero-order valence-electron chi connectivity index (χ0n) is 15.1. The number of hydrogen-bond acceptors (Lipinski definition) is 5. The van der Waals surface area contributed by atoms with Gasteiger partial charge in [0, 0.05) is 28.7 Å². The Kier molecular flexibility index (Phi) is 4.96. The number of benzene rings is 1. The van der Waals surface area contributed by atoms with Gasteiger partial charge >= 0.3 is 0 Å². The van der Waals surface area contributed by atoms with E-state index < -0.39 is 0 Å². The number of thiazole rings is 1. The maximum absolute atomic E-state index is 12.7. The normalized spacial score (nSPS) is 27.8. The van der Waals surface area contributed by atoms with E-state index in [1.807, 2.05) is 36.6 Å². The molecule has 2 saturated carbocycles. The van der Waals surface area contributed by atoms with E-state index in [4.69, 9.17) is 5.73 Å². The minimum Gasteiger partial charge on any atom is -0.332 e. The van der Waals surface area contributed by atoms with Gasteiger partial charge in [0.1, 0.15) is 0 Å². The van der Waals surface area contributed by atoms with Crippen LogP contribution in [0.25, 0.3) is 0 Å². The van der Waals surface area contributed by atoms with E-state index in [-0.39, 0.29) is 11.8 Å². The molecule has 0 saturated heterocycles. The van der Waals surface area contributed by atoms with Gasteiger partial charge in [-0.15, -0.1) is 11.3 Å². The van der Waals surface area contributed by atoms with Crippen LogP contribution in [0.2, 0.25) is 0 Å². The van der Waals surface area contributed by atoms with Crippen molar-refractivity contribution >= 4 is 33.8 Å². The van der Waals surface area contributed by atoms with Gasteiger partial charge in [-0.3, -0.25) is 4.79 Å². The molecule has 1 aromatic heterocycles. The van der Waals surface area contributed by atoms with Crippen molar-refractivity contribution in [2.45, 2.75) is 45.1 Å². The minimum atomic E-state index is 0.0983. The number of aromatic nitrogens is 1. The van der Waals surface area contributed by atoms with Gasteiger partial charge in [0.2, 0.25) is 5.91 Å². The smallest absolute Gasteiger partial charge is 0.227 e. The molecule has 4 N–H and O–H groups in total. The van der Waals surface area contributed by atoms with Crippen molar-refractivity contribution in [3.8, 4) is 0 Å². The van der Waals surface area contributed by atoms with Crippen molar-refractivity contribution in [3.05, 3.63) is 35.3 Å². The Bertz CT molecular complexity index is 758. The number of carbonyl (C=O) groups is 1. The number of nitrogens with zero attached hydrogens (tertiary/aromatic N) is 1. The quantitative estimate of drug-likeness (QED) is 0.750. The second-order valence-electron chi connectivity index (χ2n) is 7.68. The van der Waals surface area contributed by atoms with Crippen LogP contribution in [0, 0.1) is 24.7 Å². The molecule has 1 heterocycles. The Morgan fingerprint density at radius 2 is 1.81 bits per heavy atom. The fourth-order valence-corrected chi connectivity index (χ4v) is 5.13. The van der Waals surface area contributed by atoms with Gasteiger partial charge in [-0.05, 0) is 68.7 Å². The lowest BCUT2D eigenvalue weighted by Crippen LogP contribution is -2.48. The van der Waals surface area contributed by atoms with Gasteiger partial charge in [0.05, 0.1) is 5.69 Å². The molecule has 2 fully saturated rings. The average Bonchev–Trinajstić information content (AvgIpc) is 3.01. The standard InChI is InChI=1S/C20H26N4OS/c1-12-11-26-20(22-12)24-17-7-5-16(6-8-17)23-19(25)15-9-13-3-2-4-14(10-15)18(13)21/h5-8,11,13-15,18H,2-4,9-10,21H2,1H3,(H,22,24)(H,23,25). The summed E-state index contributed by atoms with van der Waals surface area (Å²) in [4.78, 5) is 17.1. The van der Waals surface area contributed by atoms with Crippen LogP contribution in [0.1, 0.15) is 37.8 Å². The summed E-state index contributed by atoms with van der Waals surface area (Å²) in [6, 6.07) is 8.12. The van der Waals surface area contributed by atoms with Crippen molar-refractivity contribution in [2.75, 3.05) is 10.6 Å². The lowest BCUT2D eigenvalue weighted by molar-refractivity contribution is -0.122. The topological polar surface area (TPSA) is 80.0 Å². The molecule has 1 amide bonds. The monoisotopic (exact) mass is 370 g/mol. The summed E-state index contributed by atoms with van der Waals surface area (Å²) in [5, 5.41) is 9.27. The van der Waals surface area contributed by atoms with Gasteiger partial charge in [0.15, 0.2) is 5.13 Å².